The van der Waals surface area contributed by atoms with Crippen LogP contribution in [-0.2, 0) is 11.0 Å². The second-order valence-electron chi connectivity index (χ2n) is 7.48. The number of amides is 1. The Morgan fingerprint density at radius 2 is 1.93 bits per heavy atom. The maximum absolute atomic E-state index is 12.9. The SMILES string of the molecule is O=C(CN1CCN(c2nccs2)CC1)N1CC=C(c2cccc(C(F)(F)F)c2)CC1. The molecule has 0 aliphatic carbocycles. The van der Waals surface area contributed by atoms with E-state index in [4.69, 9.17) is 0 Å². The van der Waals surface area contributed by atoms with Crippen molar-refractivity contribution in [3.05, 3.63) is 53.0 Å². The van der Waals surface area contributed by atoms with Crippen LogP contribution in [0, 0.1) is 0 Å². The molecule has 1 aromatic heterocycles. The van der Waals surface area contributed by atoms with E-state index in [1.54, 1.807) is 28.5 Å². The lowest BCUT2D eigenvalue weighted by Crippen LogP contribution is -2.50. The minimum atomic E-state index is -4.35. The lowest BCUT2D eigenvalue weighted by atomic mass is 9.97. The summed E-state index contributed by atoms with van der Waals surface area (Å²) < 4.78 is 38.8. The Kier molecular flexibility index (Phi) is 6.10. The van der Waals surface area contributed by atoms with Gasteiger partial charge in [-0.3, -0.25) is 9.69 Å². The summed E-state index contributed by atoms with van der Waals surface area (Å²) in [5.41, 5.74) is 0.800. The largest absolute Gasteiger partial charge is 0.416 e. The van der Waals surface area contributed by atoms with Gasteiger partial charge in [0.05, 0.1) is 12.1 Å². The van der Waals surface area contributed by atoms with Gasteiger partial charge in [-0.05, 0) is 29.7 Å². The van der Waals surface area contributed by atoms with Crippen molar-refractivity contribution >= 4 is 27.9 Å². The molecule has 3 heterocycles. The number of aromatic nitrogens is 1. The third kappa shape index (κ3) is 4.84. The van der Waals surface area contributed by atoms with Gasteiger partial charge >= 0.3 is 6.18 Å². The Labute approximate surface area is 177 Å². The minimum absolute atomic E-state index is 0.0667. The number of anilines is 1. The van der Waals surface area contributed by atoms with E-state index in [1.807, 2.05) is 11.5 Å². The van der Waals surface area contributed by atoms with Crippen LogP contribution in [0.15, 0.2) is 41.9 Å². The van der Waals surface area contributed by atoms with Crippen molar-refractivity contribution in [1.82, 2.24) is 14.8 Å². The van der Waals surface area contributed by atoms with E-state index in [1.165, 1.54) is 12.1 Å². The van der Waals surface area contributed by atoms with Crippen molar-refractivity contribution in [2.24, 2.45) is 0 Å². The molecule has 30 heavy (non-hydrogen) atoms. The standard InChI is InChI=1S/C21H23F3N4OS/c22-21(23,24)18-3-1-2-17(14-18)16-4-7-27(8-5-16)19(29)15-26-9-11-28(12-10-26)20-25-6-13-30-20/h1-4,6,13-14H,5,7-12,15H2. The van der Waals surface area contributed by atoms with E-state index >= 15 is 0 Å². The van der Waals surface area contributed by atoms with Crippen LogP contribution in [0.3, 0.4) is 0 Å². The molecule has 1 amide bonds. The average molecular weight is 437 g/mol. The highest BCUT2D eigenvalue weighted by atomic mass is 32.1. The van der Waals surface area contributed by atoms with E-state index < -0.39 is 11.7 Å². The third-order valence-corrected chi connectivity index (χ3v) is 6.38. The van der Waals surface area contributed by atoms with Crippen LogP contribution in [0.2, 0.25) is 0 Å². The maximum atomic E-state index is 12.9. The zero-order valence-corrected chi connectivity index (χ0v) is 17.3. The topological polar surface area (TPSA) is 39.7 Å². The molecule has 0 spiro atoms. The van der Waals surface area contributed by atoms with Gasteiger partial charge in [-0.15, -0.1) is 11.3 Å². The zero-order chi connectivity index (χ0) is 21.1. The van der Waals surface area contributed by atoms with Crippen LogP contribution in [0.4, 0.5) is 18.3 Å². The van der Waals surface area contributed by atoms with Crippen molar-refractivity contribution < 1.29 is 18.0 Å². The molecule has 1 fully saturated rings. The quantitative estimate of drug-likeness (QED) is 0.734. The number of hydrogen-bond donors (Lipinski definition) is 0. The molecule has 2 aromatic rings. The molecule has 1 saturated heterocycles. The lowest BCUT2D eigenvalue weighted by Gasteiger charge is -2.35. The fraction of sp³-hybridized carbons (Fsp3) is 0.429. The molecule has 2 aliphatic heterocycles. The van der Waals surface area contributed by atoms with Crippen molar-refractivity contribution in [2.75, 3.05) is 50.7 Å². The average Bonchev–Trinajstić information content (AvgIpc) is 3.29. The molecule has 1 aromatic carbocycles. The first-order valence-corrected chi connectivity index (χ1v) is 10.8. The Hall–Kier alpha value is -2.39. The van der Waals surface area contributed by atoms with Gasteiger partial charge in [0, 0.05) is 50.8 Å². The monoisotopic (exact) mass is 436 g/mol. The van der Waals surface area contributed by atoms with E-state index in [2.05, 4.69) is 14.8 Å². The number of halogens is 3. The molecule has 0 saturated carbocycles. The molecular formula is C21H23F3N4OS. The first-order chi connectivity index (χ1) is 14.4. The van der Waals surface area contributed by atoms with E-state index in [9.17, 15) is 18.0 Å². The number of alkyl halides is 3. The van der Waals surface area contributed by atoms with Gasteiger partial charge in [0.25, 0.3) is 0 Å². The van der Waals surface area contributed by atoms with E-state index in [0.717, 1.165) is 43.0 Å². The van der Waals surface area contributed by atoms with Gasteiger partial charge in [0.1, 0.15) is 0 Å². The number of hydrogen-bond acceptors (Lipinski definition) is 5. The van der Waals surface area contributed by atoms with Crippen LogP contribution in [0.25, 0.3) is 5.57 Å². The summed E-state index contributed by atoms with van der Waals surface area (Å²) in [5.74, 6) is 0.0667. The smallest absolute Gasteiger partial charge is 0.346 e. The summed E-state index contributed by atoms with van der Waals surface area (Å²) in [6, 6.07) is 5.39. The van der Waals surface area contributed by atoms with Crippen LogP contribution in [0.1, 0.15) is 17.5 Å². The first kappa shape index (κ1) is 20.9. The van der Waals surface area contributed by atoms with Crippen LogP contribution in [-0.4, -0.2) is 66.5 Å². The number of nitrogens with zero attached hydrogens (tertiary/aromatic N) is 4. The van der Waals surface area contributed by atoms with Gasteiger partial charge in [0.15, 0.2) is 5.13 Å². The second kappa shape index (κ2) is 8.77. The summed E-state index contributed by atoms with van der Waals surface area (Å²) >= 11 is 1.62. The Bertz CT molecular complexity index is 905. The van der Waals surface area contributed by atoms with Crippen molar-refractivity contribution in [2.45, 2.75) is 12.6 Å². The number of carbonyl (C=O) groups is 1. The minimum Gasteiger partial charge on any atom is -0.346 e. The van der Waals surface area contributed by atoms with Crippen LogP contribution < -0.4 is 4.90 Å². The van der Waals surface area contributed by atoms with Crippen molar-refractivity contribution in [3.63, 3.8) is 0 Å². The Balaban J connectivity index is 1.30. The summed E-state index contributed by atoms with van der Waals surface area (Å²) in [6.07, 6.45) is -0.119. The summed E-state index contributed by atoms with van der Waals surface area (Å²) in [4.78, 5) is 23.2. The number of thiazole rings is 1. The van der Waals surface area contributed by atoms with Crippen molar-refractivity contribution in [1.29, 1.82) is 0 Å². The molecule has 9 heteroatoms. The first-order valence-electron chi connectivity index (χ1n) is 9.91. The fourth-order valence-electron chi connectivity index (χ4n) is 3.81. The Morgan fingerprint density at radius 3 is 2.57 bits per heavy atom. The van der Waals surface area contributed by atoms with Crippen LogP contribution >= 0.6 is 11.3 Å². The van der Waals surface area contributed by atoms with Gasteiger partial charge in [-0.2, -0.15) is 13.2 Å². The summed E-state index contributed by atoms with van der Waals surface area (Å²) in [6.45, 7) is 4.65. The molecule has 0 bridgehead atoms. The van der Waals surface area contributed by atoms with E-state index in [0.29, 0.717) is 31.6 Å². The summed E-state index contributed by atoms with van der Waals surface area (Å²) in [7, 11) is 0. The molecule has 2 aliphatic rings. The Morgan fingerprint density at radius 1 is 1.13 bits per heavy atom. The fourth-order valence-corrected chi connectivity index (χ4v) is 4.51. The molecule has 0 atom stereocenters. The number of rotatable bonds is 4. The number of benzene rings is 1. The van der Waals surface area contributed by atoms with Gasteiger partial charge in [-0.1, -0.05) is 18.2 Å². The molecule has 5 nitrogen and oxygen atoms in total. The third-order valence-electron chi connectivity index (χ3n) is 5.54. The number of carbonyl (C=O) groups excluding carboxylic acids is 1. The predicted octanol–water partition coefficient (Wildman–Crippen LogP) is 3.60. The highest BCUT2D eigenvalue weighted by molar-refractivity contribution is 7.13. The molecule has 160 valence electrons. The highest BCUT2D eigenvalue weighted by Crippen LogP contribution is 2.32. The second-order valence-corrected chi connectivity index (χ2v) is 8.35. The zero-order valence-electron chi connectivity index (χ0n) is 16.4. The van der Waals surface area contributed by atoms with Gasteiger partial charge in [-0.25, -0.2) is 4.98 Å². The number of piperazine rings is 1. The maximum Gasteiger partial charge on any atom is 0.416 e. The normalized spacial score (nSPS) is 18.4. The molecule has 0 N–H and O–H groups in total. The molecule has 4 rings (SSSR count). The summed E-state index contributed by atoms with van der Waals surface area (Å²) in [5, 5.41) is 2.98. The van der Waals surface area contributed by atoms with Gasteiger partial charge in [0.2, 0.25) is 5.91 Å². The molecule has 0 radical (unpaired) electrons. The van der Waals surface area contributed by atoms with Crippen molar-refractivity contribution in [3.8, 4) is 0 Å². The molecule has 0 unspecified atom stereocenters. The molecular weight excluding hydrogens is 413 g/mol. The van der Waals surface area contributed by atoms with E-state index in [-0.39, 0.29) is 5.91 Å². The van der Waals surface area contributed by atoms with Crippen LogP contribution in [0.5, 0.6) is 0 Å². The highest BCUT2D eigenvalue weighted by Gasteiger charge is 2.31. The predicted molar refractivity (Wildman–Crippen MR) is 111 cm³/mol. The lowest BCUT2D eigenvalue weighted by molar-refractivity contribution is -0.137. The van der Waals surface area contributed by atoms with Gasteiger partial charge < -0.3 is 9.80 Å².